The Morgan fingerprint density at radius 1 is 1.47 bits per heavy atom. The lowest BCUT2D eigenvalue weighted by Gasteiger charge is -2.07. The van der Waals surface area contributed by atoms with Crippen molar-refractivity contribution < 1.29 is 19.1 Å². The Labute approximate surface area is 86.8 Å². The molecule has 0 bridgehead atoms. The first kappa shape index (κ1) is 9.71. The number of ether oxygens (including phenoxy) is 2. The zero-order chi connectivity index (χ0) is 10.8. The highest BCUT2D eigenvalue weighted by atomic mass is 16.6. The summed E-state index contributed by atoms with van der Waals surface area (Å²) in [5, 5.41) is 0. The zero-order valence-electron chi connectivity index (χ0n) is 8.23. The van der Waals surface area contributed by atoms with Crippen LogP contribution in [0.15, 0.2) is 24.3 Å². The molecule has 0 saturated heterocycles. The van der Waals surface area contributed by atoms with Gasteiger partial charge >= 0.3 is 11.9 Å². The topological polar surface area (TPSA) is 52.6 Å². The summed E-state index contributed by atoms with van der Waals surface area (Å²) in [6, 6.07) is 6.92. The molecule has 1 unspecified atom stereocenters. The fourth-order valence-electron chi connectivity index (χ4n) is 1.41. The number of hydrogen-bond donors (Lipinski definition) is 0. The third-order valence-electron chi connectivity index (χ3n) is 2.16. The molecule has 4 heteroatoms. The molecule has 1 heterocycles. The van der Waals surface area contributed by atoms with Crippen molar-refractivity contribution in [1.29, 1.82) is 0 Å². The molecular formula is C11H10O4. The summed E-state index contributed by atoms with van der Waals surface area (Å²) in [6.07, 6.45) is -0.653. The Kier molecular flexibility index (Phi) is 2.41. The fraction of sp³-hybridized carbons (Fsp3) is 0.273. The highest BCUT2D eigenvalue weighted by Gasteiger charge is 2.35. The number of para-hydroxylation sites is 1. The molecule has 0 saturated carbocycles. The van der Waals surface area contributed by atoms with Crippen molar-refractivity contribution in [2.75, 3.05) is 0 Å². The van der Waals surface area contributed by atoms with E-state index < -0.39 is 18.0 Å². The number of hydrogen-bond acceptors (Lipinski definition) is 4. The zero-order valence-corrected chi connectivity index (χ0v) is 8.23. The van der Waals surface area contributed by atoms with Crippen molar-refractivity contribution in [3.05, 3.63) is 29.8 Å². The van der Waals surface area contributed by atoms with E-state index in [1.54, 1.807) is 31.2 Å². The molecule has 1 aliphatic heterocycles. The second-order valence-electron chi connectivity index (χ2n) is 3.18. The van der Waals surface area contributed by atoms with E-state index in [9.17, 15) is 9.59 Å². The maximum Gasteiger partial charge on any atom is 0.357 e. The highest BCUT2D eigenvalue weighted by Crippen LogP contribution is 2.35. The Morgan fingerprint density at radius 2 is 2.20 bits per heavy atom. The monoisotopic (exact) mass is 206 g/mol. The van der Waals surface area contributed by atoms with Crippen molar-refractivity contribution in [3.8, 4) is 5.75 Å². The SMILES string of the molecule is CCC(=O)OC1C(=O)Oc2ccccc21. The van der Waals surface area contributed by atoms with Crippen LogP contribution < -0.4 is 4.74 Å². The minimum atomic E-state index is -0.895. The Bertz CT molecular complexity index is 411. The number of fused-ring (bicyclic) bond motifs is 1. The van der Waals surface area contributed by atoms with Gasteiger partial charge in [-0.1, -0.05) is 25.1 Å². The molecule has 0 amide bonds. The molecule has 2 rings (SSSR count). The lowest BCUT2D eigenvalue weighted by molar-refractivity contribution is -0.160. The summed E-state index contributed by atoms with van der Waals surface area (Å²) in [5.74, 6) is -0.469. The number of benzene rings is 1. The van der Waals surface area contributed by atoms with E-state index in [0.29, 0.717) is 11.3 Å². The molecule has 0 aromatic heterocycles. The number of carbonyl (C=O) groups is 2. The van der Waals surface area contributed by atoms with Crippen LogP contribution >= 0.6 is 0 Å². The molecule has 1 aliphatic rings. The summed E-state index contributed by atoms with van der Waals surface area (Å²) < 4.78 is 9.93. The largest absolute Gasteiger partial charge is 0.445 e. The number of esters is 2. The third kappa shape index (κ3) is 1.70. The first-order chi connectivity index (χ1) is 7.22. The van der Waals surface area contributed by atoms with Crippen LogP contribution in [0.5, 0.6) is 5.75 Å². The predicted molar refractivity (Wildman–Crippen MR) is 51.2 cm³/mol. The van der Waals surface area contributed by atoms with Crippen molar-refractivity contribution >= 4 is 11.9 Å². The Morgan fingerprint density at radius 3 is 2.93 bits per heavy atom. The van der Waals surface area contributed by atoms with Crippen LogP contribution in [-0.2, 0) is 14.3 Å². The summed E-state index contributed by atoms with van der Waals surface area (Å²) in [6.45, 7) is 1.68. The van der Waals surface area contributed by atoms with Crippen LogP contribution in [0.2, 0.25) is 0 Å². The minimum Gasteiger partial charge on any atom is -0.445 e. The van der Waals surface area contributed by atoms with E-state index in [2.05, 4.69) is 0 Å². The molecule has 0 fully saturated rings. The highest BCUT2D eigenvalue weighted by molar-refractivity contribution is 5.86. The number of rotatable bonds is 2. The van der Waals surface area contributed by atoms with E-state index in [1.807, 2.05) is 0 Å². The third-order valence-corrected chi connectivity index (χ3v) is 2.16. The van der Waals surface area contributed by atoms with Crippen molar-refractivity contribution in [3.63, 3.8) is 0 Å². The van der Waals surface area contributed by atoms with Crippen LogP contribution in [0.3, 0.4) is 0 Å². The van der Waals surface area contributed by atoms with Gasteiger partial charge in [0, 0.05) is 12.0 Å². The van der Waals surface area contributed by atoms with E-state index >= 15 is 0 Å². The minimum absolute atomic E-state index is 0.242. The van der Waals surface area contributed by atoms with Gasteiger partial charge in [0.15, 0.2) is 0 Å². The lowest BCUT2D eigenvalue weighted by atomic mass is 10.1. The standard InChI is InChI=1S/C11H10O4/c1-2-9(12)15-10-7-5-3-4-6-8(7)14-11(10)13/h3-6,10H,2H2,1H3. The molecule has 1 aromatic rings. The molecule has 0 radical (unpaired) electrons. The quantitative estimate of drug-likeness (QED) is 0.544. The first-order valence-corrected chi connectivity index (χ1v) is 4.72. The number of carbonyl (C=O) groups excluding carboxylic acids is 2. The molecule has 0 N–H and O–H groups in total. The molecule has 4 nitrogen and oxygen atoms in total. The first-order valence-electron chi connectivity index (χ1n) is 4.72. The van der Waals surface area contributed by atoms with E-state index in [-0.39, 0.29) is 6.42 Å². The maximum atomic E-state index is 11.4. The molecule has 15 heavy (non-hydrogen) atoms. The van der Waals surface area contributed by atoms with Crippen molar-refractivity contribution in [2.24, 2.45) is 0 Å². The summed E-state index contributed by atoms with van der Waals surface area (Å²) in [4.78, 5) is 22.5. The fourth-order valence-corrected chi connectivity index (χ4v) is 1.41. The second-order valence-corrected chi connectivity index (χ2v) is 3.18. The van der Waals surface area contributed by atoms with Gasteiger partial charge < -0.3 is 9.47 Å². The average Bonchev–Trinajstić information content (AvgIpc) is 2.55. The summed E-state index contributed by atoms with van der Waals surface area (Å²) in [5.41, 5.74) is 0.615. The van der Waals surface area contributed by atoms with Crippen molar-refractivity contribution in [2.45, 2.75) is 19.4 Å². The smallest absolute Gasteiger partial charge is 0.357 e. The van der Waals surface area contributed by atoms with Gasteiger partial charge in [-0.3, -0.25) is 4.79 Å². The van der Waals surface area contributed by atoms with Gasteiger partial charge in [-0.2, -0.15) is 0 Å². The summed E-state index contributed by atoms with van der Waals surface area (Å²) in [7, 11) is 0. The van der Waals surface area contributed by atoms with E-state index in [0.717, 1.165) is 0 Å². The van der Waals surface area contributed by atoms with Gasteiger partial charge in [0.05, 0.1) is 0 Å². The van der Waals surface area contributed by atoms with Crippen LogP contribution in [0, 0.1) is 0 Å². The van der Waals surface area contributed by atoms with Crippen molar-refractivity contribution in [1.82, 2.24) is 0 Å². The van der Waals surface area contributed by atoms with Gasteiger partial charge in [0.25, 0.3) is 0 Å². The Balaban J connectivity index is 2.26. The van der Waals surface area contributed by atoms with Gasteiger partial charge in [0.1, 0.15) is 5.75 Å². The normalized spacial score (nSPS) is 18.2. The predicted octanol–water partition coefficient (Wildman–Crippen LogP) is 1.60. The second kappa shape index (κ2) is 3.73. The van der Waals surface area contributed by atoms with Crippen LogP contribution in [0.1, 0.15) is 25.0 Å². The summed E-state index contributed by atoms with van der Waals surface area (Å²) >= 11 is 0. The maximum absolute atomic E-state index is 11.4. The van der Waals surface area contributed by atoms with Crippen LogP contribution in [-0.4, -0.2) is 11.9 Å². The molecule has 1 atom stereocenters. The molecule has 1 aromatic carbocycles. The average molecular weight is 206 g/mol. The van der Waals surface area contributed by atoms with Crippen LogP contribution in [0.25, 0.3) is 0 Å². The van der Waals surface area contributed by atoms with Gasteiger partial charge in [-0.05, 0) is 6.07 Å². The van der Waals surface area contributed by atoms with E-state index in [4.69, 9.17) is 9.47 Å². The van der Waals surface area contributed by atoms with E-state index in [1.165, 1.54) is 0 Å². The molecule has 0 aliphatic carbocycles. The Hall–Kier alpha value is -1.84. The van der Waals surface area contributed by atoms with Gasteiger partial charge in [0.2, 0.25) is 6.10 Å². The van der Waals surface area contributed by atoms with Gasteiger partial charge in [-0.15, -0.1) is 0 Å². The lowest BCUT2D eigenvalue weighted by Crippen LogP contribution is -2.17. The molecular weight excluding hydrogens is 196 g/mol. The molecule has 78 valence electrons. The van der Waals surface area contributed by atoms with Gasteiger partial charge in [-0.25, -0.2) is 4.79 Å². The van der Waals surface area contributed by atoms with Crippen LogP contribution in [0.4, 0.5) is 0 Å². The molecule has 0 spiro atoms.